The molecule has 0 fully saturated rings. The van der Waals surface area contributed by atoms with E-state index in [1.54, 1.807) is 12.4 Å². The van der Waals surface area contributed by atoms with E-state index in [2.05, 4.69) is 225 Å². The van der Waals surface area contributed by atoms with E-state index in [1.807, 2.05) is 36.9 Å². The Bertz CT molecular complexity index is 5620. The molecule has 1 N–H and O–H groups in total. The number of anilines is 6. The Balaban J connectivity index is 0.797. The summed E-state index contributed by atoms with van der Waals surface area (Å²) in [6.07, 6.45) is 13.2. The van der Waals surface area contributed by atoms with Gasteiger partial charge < -0.3 is 32.8 Å². The van der Waals surface area contributed by atoms with Gasteiger partial charge in [-0.05, 0) is 147 Å². The van der Waals surface area contributed by atoms with E-state index in [1.165, 1.54) is 16.3 Å². The standard InChI is InChI=1S/C74H44N6O4/c1-2-7-43(8-3-1)47-16-13-44-17-19-49(34-48(44)33-47)79(64-12-6-11-57-56-27-30-77-41-70(56)84-73(57)64)51-21-23-54-60-38-63(78-42-71(60)82-68(54)36-51)58-25-26-65(74-72(58)62-40-76-32-29-67(62)83-74)80(52-22-24-55-61-39-75-31-28-66(61)81-69(55)37-52)50-20-18-46-15-14-45-9-4-5-10-53(45)59(46)35-50/h1-40,42,77H,41H2. The smallest absolute Gasteiger partial charge is 0.160 e. The molecule has 394 valence electrons. The molecule has 0 aliphatic carbocycles. The second-order valence-corrected chi connectivity index (χ2v) is 21.6. The summed E-state index contributed by atoms with van der Waals surface area (Å²) in [5.41, 5.74) is 15.8. The molecule has 7 aromatic heterocycles. The lowest BCUT2D eigenvalue weighted by Crippen LogP contribution is -2.10. The van der Waals surface area contributed by atoms with E-state index in [0.717, 1.165) is 144 Å². The molecular weight excluding hydrogens is 1040 g/mol. The van der Waals surface area contributed by atoms with Crippen molar-refractivity contribution < 1.29 is 17.7 Å². The summed E-state index contributed by atoms with van der Waals surface area (Å²) in [5.74, 6) is 0.906. The highest BCUT2D eigenvalue weighted by Gasteiger charge is 2.27. The van der Waals surface area contributed by atoms with Gasteiger partial charge in [-0.25, -0.2) is 0 Å². The van der Waals surface area contributed by atoms with Gasteiger partial charge in [-0.15, -0.1) is 0 Å². The lowest BCUT2D eigenvalue weighted by Gasteiger charge is -2.26. The molecule has 10 nitrogen and oxygen atoms in total. The lowest BCUT2D eigenvalue weighted by atomic mass is 9.99. The van der Waals surface area contributed by atoms with Gasteiger partial charge in [0.15, 0.2) is 16.7 Å². The van der Waals surface area contributed by atoms with Gasteiger partial charge in [0.05, 0.1) is 41.2 Å². The van der Waals surface area contributed by atoms with Crippen molar-refractivity contribution in [2.75, 3.05) is 9.80 Å². The van der Waals surface area contributed by atoms with Crippen LogP contribution >= 0.6 is 0 Å². The summed E-state index contributed by atoms with van der Waals surface area (Å²) < 4.78 is 27.1. The molecule has 17 aromatic rings. The van der Waals surface area contributed by atoms with Crippen molar-refractivity contribution in [1.82, 2.24) is 20.3 Å². The number of fused-ring (bicyclic) bond motifs is 16. The summed E-state index contributed by atoms with van der Waals surface area (Å²) in [6, 6.07) is 73.0. The van der Waals surface area contributed by atoms with Crippen molar-refractivity contribution in [2.45, 2.75) is 6.54 Å². The first kappa shape index (κ1) is 46.3. The number of hydrogen-bond donors (Lipinski definition) is 1. The van der Waals surface area contributed by atoms with E-state index in [0.29, 0.717) is 23.3 Å². The van der Waals surface area contributed by atoms with Crippen LogP contribution in [-0.2, 0) is 6.54 Å². The maximum atomic E-state index is 7.04. The first-order valence-corrected chi connectivity index (χ1v) is 28.0. The zero-order valence-corrected chi connectivity index (χ0v) is 44.7. The topological polar surface area (TPSA) is 110 Å². The van der Waals surface area contributed by atoms with Gasteiger partial charge in [-0.2, -0.15) is 0 Å². The molecule has 1 aliphatic rings. The first-order valence-electron chi connectivity index (χ1n) is 28.0. The number of rotatable bonds is 8. The van der Waals surface area contributed by atoms with Crippen LogP contribution in [0.25, 0.3) is 138 Å². The molecule has 10 heteroatoms. The highest BCUT2D eigenvalue weighted by molar-refractivity contribution is 6.18. The van der Waals surface area contributed by atoms with Gasteiger partial charge in [0.1, 0.15) is 28.1 Å². The van der Waals surface area contributed by atoms with Crippen LogP contribution in [0.1, 0.15) is 11.3 Å². The third kappa shape index (κ3) is 7.14. The van der Waals surface area contributed by atoms with Crippen LogP contribution in [0.2, 0.25) is 0 Å². The Kier molecular flexibility index (Phi) is 9.92. The quantitative estimate of drug-likeness (QED) is 0.148. The van der Waals surface area contributed by atoms with E-state index in [-0.39, 0.29) is 0 Å². The van der Waals surface area contributed by atoms with Crippen LogP contribution in [0.15, 0.2) is 261 Å². The average molecular weight is 1080 g/mol. The van der Waals surface area contributed by atoms with Gasteiger partial charge in [-0.1, -0.05) is 103 Å². The molecule has 0 bridgehead atoms. The first-order chi connectivity index (χ1) is 41.6. The number of pyridine rings is 3. The van der Waals surface area contributed by atoms with Crippen LogP contribution in [0, 0.1) is 0 Å². The summed E-state index contributed by atoms with van der Waals surface area (Å²) in [4.78, 5) is 18.8. The molecule has 1 aliphatic heterocycles. The summed E-state index contributed by atoms with van der Waals surface area (Å²) >= 11 is 0. The summed E-state index contributed by atoms with van der Waals surface area (Å²) in [7, 11) is 0. The fraction of sp³-hybridized carbons (Fsp3) is 0.0135. The predicted octanol–water partition coefficient (Wildman–Crippen LogP) is 20.1. The number of furan rings is 4. The molecule has 84 heavy (non-hydrogen) atoms. The maximum Gasteiger partial charge on any atom is 0.160 e. The van der Waals surface area contributed by atoms with E-state index < -0.39 is 0 Å². The Morgan fingerprint density at radius 1 is 0.381 bits per heavy atom. The minimum absolute atomic E-state index is 0.615. The molecule has 10 aromatic carbocycles. The van der Waals surface area contributed by atoms with E-state index in [4.69, 9.17) is 22.7 Å². The second-order valence-electron chi connectivity index (χ2n) is 21.6. The molecule has 8 heterocycles. The van der Waals surface area contributed by atoms with E-state index >= 15 is 0 Å². The van der Waals surface area contributed by atoms with Crippen LogP contribution in [0.4, 0.5) is 34.1 Å². The van der Waals surface area contributed by atoms with Crippen molar-refractivity contribution in [3.8, 4) is 22.4 Å². The molecule has 0 unspecified atom stereocenters. The van der Waals surface area contributed by atoms with Crippen LogP contribution in [0.5, 0.6) is 0 Å². The number of nitrogens with zero attached hydrogens (tertiary/aromatic N) is 5. The van der Waals surface area contributed by atoms with Gasteiger partial charge >= 0.3 is 0 Å². The molecule has 0 amide bonds. The van der Waals surface area contributed by atoms with Crippen molar-refractivity contribution in [2.24, 2.45) is 0 Å². The number of nitrogens with one attached hydrogen (secondary N) is 1. The Morgan fingerprint density at radius 3 is 1.89 bits per heavy atom. The van der Waals surface area contributed by atoms with Crippen LogP contribution in [-0.4, -0.2) is 15.0 Å². The molecule has 0 atom stereocenters. The van der Waals surface area contributed by atoms with Crippen molar-refractivity contribution in [3.63, 3.8) is 0 Å². The van der Waals surface area contributed by atoms with Crippen LogP contribution < -0.4 is 15.1 Å². The zero-order chi connectivity index (χ0) is 55.0. The number of benzene rings is 10. The Hall–Kier alpha value is -11.5. The molecular formula is C74H44N6O4. The lowest BCUT2D eigenvalue weighted by molar-refractivity contribution is 0.533. The number of para-hydroxylation sites is 1. The van der Waals surface area contributed by atoms with Gasteiger partial charge in [0.25, 0.3) is 0 Å². The third-order valence-electron chi connectivity index (χ3n) is 16.9. The van der Waals surface area contributed by atoms with Crippen molar-refractivity contribution in [1.29, 1.82) is 0 Å². The highest BCUT2D eigenvalue weighted by Crippen LogP contribution is 2.49. The largest absolute Gasteiger partial charge is 0.456 e. The van der Waals surface area contributed by atoms with Crippen molar-refractivity contribution in [3.05, 3.63) is 255 Å². The maximum absolute atomic E-state index is 7.04. The molecule has 0 radical (unpaired) electrons. The number of hydrogen-bond acceptors (Lipinski definition) is 10. The minimum atomic E-state index is 0.615. The van der Waals surface area contributed by atoms with Gasteiger partial charge in [0, 0.05) is 97.1 Å². The zero-order valence-electron chi connectivity index (χ0n) is 44.7. The fourth-order valence-corrected chi connectivity index (χ4v) is 12.9. The average Bonchev–Trinajstić information content (AvgIpc) is 2.27. The summed E-state index contributed by atoms with van der Waals surface area (Å²) in [5, 5.41) is 17.0. The van der Waals surface area contributed by atoms with Gasteiger partial charge in [-0.3, -0.25) is 15.0 Å². The Morgan fingerprint density at radius 2 is 1.05 bits per heavy atom. The molecule has 0 saturated heterocycles. The number of aromatic nitrogens is 3. The normalized spacial score (nSPS) is 12.5. The summed E-state index contributed by atoms with van der Waals surface area (Å²) in [6.45, 7) is 0.615. The SMILES string of the molecule is C1=Cc2c(oc3c(N(c4ccc5ccc(-c6ccccc6)cc5c4)c4ccc5c(c4)oc4cnc(-c6ccc(N(c7ccc8c(c7)oc7ccncc78)c7ccc8ccc9ccccc9c8c7)c7oc8ccncc8c67)cc45)cccc23)CN1. The Labute approximate surface area is 478 Å². The van der Waals surface area contributed by atoms with Gasteiger partial charge in [0.2, 0.25) is 0 Å². The predicted molar refractivity (Wildman–Crippen MR) is 340 cm³/mol. The van der Waals surface area contributed by atoms with Crippen molar-refractivity contribution >= 4 is 149 Å². The molecule has 0 spiro atoms. The molecule has 18 rings (SSSR count). The fourth-order valence-electron chi connectivity index (χ4n) is 12.9. The molecule has 0 saturated carbocycles. The third-order valence-corrected chi connectivity index (χ3v) is 16.9. The highest BCUT2D eigenvalue weighted by atomic mass is 16.3. The second kappa shape index (κ2) is 18.0. The van der Waals surface area contributed by atoms with Crippen LogP contribution in [0.3, 0.4) is 0 Å². The monoisotopic (exact) mass is 1080 g/mol. The van der Waals surface area contributed by atoms with E-state index in [9.17, 15) is 0 Å². The minimum Gasteiger partial charge on any atom is -0.456 e.